The van der Waals surface area contributed by atoms with Crippen molar-refractivity contribution in [2.45, 2.75) is 26.3 Å². The van der Waals surface area contributed by atoms with Crippen LogP contribution in [0.4, 0.5) is 5.69 Å². The zero-order chi connectivity index (χ0) is 20.7. The second kappa shape index (κ2) is 7.61. The highest BCUT2D eigenvalue weighted by Crippen LogP contribution is 2.32. The molecule has 6 nitrogen and oxygen atoms in total. The molecular weight excluding hydrogens is 411 g/mol. The van der Waals surface area contributed by atoms with Gasteiger partial charge in [-0.1, -0.05) is 23.2 Å². The largest absolute Gasteiger partial charge is 0.305 e. The number of carbonyl (C=O) groups excluding carboxylic acids is 2. The van der Waals surface area contributed by atoms with Gasteiger partial charge in [0.2, 0.25) is 0 Å². The number of carbonyl (C=O) groups is 2. The molecule has 1 aromatic carbocycles. The van der Waals surface area contributed by atoms with E-state index < -0.39 is 0 Å². The molecule has 0 unspecified atom stereocenters. The standard InChI is InChI=1S/C21H18Cl2N4O2/c1-12-5-14(9-24-8-12)19(28)6-15-10-25-27-13(2)11-26(21(29)20(15)27)16-3-4-17(22)18(23)7-16/h3-5,7-10,13H,6,11H2,1-2H3/t13-/m0/s1. The molecule has 0 radical (unpaired) electrons. The fourth-order valence-electron chi connectivity index (χ4n) is 3.51. The molecule has 4 rings (SSSR count). The van der Waals surface area contributed by atoms with Crippen LogP contribution >= 0.6 is 23.2 Å². The van der Waals surface area contributed by atoms with Crippen LogP contribution in [0.2, 0.25) is 10.0 Å². The minimum Gasteiger partial charge on any atom is -0.305 e. The molecule has 1 atom stereocenters. The van der Waals surface area contributed by atoms with E-state index in [9.17, 15) is 9.59 Å². The van der Waals surface area contributed by atoms with E-state index in [1.807, 2.05) is 13.8 Å². The van der Waals surface area contributed by atoms with Crippen LogP contribution in [0.25, 0.3) is 0 Å². The number of anilines is 1. The van der Waals surface area contributed by atoms with E-state index in [1.165, 1.54) is 6.20 Å². The van der Waals surface area contributed by atoms with Gasteiger partial charge in [0, 0.05) is 42.2 Å². The molecule has 29 heavy (non-hydrogen) atoms. The van der Waals surface area contributed by atoms with Crippen molar-refractivity contribution in [1.82, 2.24) is 14.8 Å². The number of Topliss-reactive ketones (excluding diaryl/α,β-unsaturated/α-hetero) is 1. The van der Waals surface area contributed by atoms with Gasteiger partial charge in [-0.3, -0.25) is 19.3 Å². The zero-order valence-corrected chi connectivity index (χ0v) is 17.4. The molecule has 0 N–H and O–H groups in total. The summed E-state index contributed by atoms with van der Waals surface area (Å²) in [6.45, 7) is 4.30. The van der Waals surface area contributed by atoms with Crippen LogP contribution in [-0.2, 0) is 6.42 Å². The molecule has 0 saturated heterocycles. The van der Waals surface area contributed by atoms with Crippen molar-refractivity contribution < 1.29 is 9.59 Å². The van der Waals surface area contributed by atoms with Crippen molar-refractivity contribution >= 4 is 40.6 Å². The molecule has 0 saturated carbocycles. The number of benzene rings is 1. The van der Waals surface area contributed by atoms with Gasteiger partial charge in [-0.15, -0.1) is 0 Å². The van der Waals surface area contributed by atoms with Gasteiger partial charge in [-0.05, 0) is 43.7 Å². The van der Waals surface area contributed by atoms with Crippen LogP contribution in [0.15, 0.2) is 42.9 Å². The molecule has 3 aromatic rings. The summed E-state index contributed by atoms with van der Waals surface area (Å²) >= 11 is 12.1. The quantitative estimate of drug-likeness (QED) is 0.571. The number of hydrogen-bond acceptors (Lipinski definition) is 4. The first-order chi connectivity index (χ1) is 13.8. The lowest BCUT2D eigenvalue weighted by Crippen LogP contribution is -2.43. The molecule has 0 bridgehead atoms. The second-order valence-corrected chi connectivity index (χ2v) is 7.99. The van der Waals surface area contributed by atoms with Gasteiger partial charge in [0.05, 0.1) is 22.3 Å². The predicted octanol–water partition coefficient (Wildman–Crippen LogP) is 4.54. The number of halogens is 2. The van der Waals surface area contributed by atoms with E-state index in [0.29, 0.717) is 39.1 Å². The van der Waals surface area contributed by atoms with Gasteiger partial charge in [0.15, 0.2) is 5.78 Å². The van der Waals surface area contributed by atoms with Gasteiger partial charge < -0.3 is 4.90 Å². The molecule has 3 heterocycles. The summed E-state index contributed by atoms with van der Waals surface area (Å²) in [5, 5.41) is 5.17. The third kappa shape index (κ3) is 3.66. The van der Waals surface area contributed by atoms with E-state index in [4.69, 9.17) is 23.2 Å². The second-order valence-electron chi connectivity index (χ2n) is 7.18. The molecule has 8 heteroatoms. The third-order valence-corrected chi connectivity index (χ3v) is 5.69. The molecule has 148 valence electrons. The molecule has 0 fully saturated rings. The first-order valence-electron chi connectivity index (χ1n) is 9.13. The number of amides is 1. The number of ketones is 1. The lowest BCUT2D eigenvalue weighted by Gasteiger charge is -2.32. The number of aromatic nitrogens is 3. The fourth-order valence-corrected chi connectivity index (χ4v) is 3.80. The van der Waals surface area contributed by atoms with Crippen LogP contribution in [0, 0.1) is 6.92 Å². The SMILES string of the molecule is Cc1cncc(C(=O)Cc2cnn3c2C(=O)N(c2ccc(Cl)c(Cl)c2)C[C@@H]3C)c1. The van der Waals surface area contributed by atoms with Gasteiger partial charge in [0.25, 0.3) is 5.91 Å². The highest BCUT2D eigenvalue weighted by atomic mass is 35.5. The summed E-state index contributed by atoms with van der Waals surface area (Å²) in [5.41, 5.74) is 3.09. The Labute approximate surface area is 178 Å². The number of rotatable bonds is 4. The summed E-state index contributed by atoms with van der Waals surface area (Å²) in [4.78, 5) is 31.7. The van der Waals surface area contributed by atoms with Crippen LogP contribution in [0.1, 0.15) is 44.9 Å². The fraction of sp³-hybridized carbons (Fsp3) is 0.238. The molecular formula is C21H18Cl2N4O2. The van der Waals surface area contributed by atoms with E-state index in [0.717, 1.165) is 5.56 Å². The number of nitrogens with zero attached hydrogens (tertiary/aromatic N) is 4. The van der Waals surface area contributed by atoms with E-state index in [1.54, 1.807) is 46.2 Å². The summed E-state index contributed by atoms with van der Waals surface area (Å²) in [6.07, 6.45) is 4.91. The van der Waals surface area contributed by atoms with Crippen molar-refractivity contribution in [1.29, 1.82) is 0 Å². The van der Waals surface area contributed by atoms with Gasteiger partial charge in [0.1, 0.15) is 5.69 Å². The van der Waals surface area contributed by atoms with Crippen LogP contribution in [-0.4, -0.2) is 33.0 Å². The Bertz CT molecular complexity index is 1130. The van der Waals surface area contributed by atoms with Crippen molar-refractivity contribution in [3.63, 3.8) is 0 Å². The van der Waals surface area contributed by atoms with Gasteiger partial charge in [-0.25, -0.2) is 0 Å². The maximum atomic E-state index is 13.3. The van der Waals surface area contributed by atoms with Crippen molar-refractivity contribution in [2.75, 3.05) is 11.4 Å². The van der Waals surface area contributed by atoms with E-state index in [-0.39, 0.29) is 24.2 Å². The maximum Gasteiger partial charge on any atom is 0.276 e. The van der Waals surface area contributed by atoms with Crippen LogP contribution < -0.4 is 4.90 Å². The normalized spacial score (nSPS) is 16.1. The van der Waals surface area contributed by atoms with E-state index in [2.05, 4.69) is 10.1 Å². The van der Waals surface area contributed by atoms with Gasteiger partial charge in [-0.2, -0.15) is 5.10 Å². The monoisotopic (exact) mass is 428 g/mol. The van der Waals surface area contributed by atoms with E-state index >= 15 is 0 Å². The number of fused-ring (bicyclic) bond motifs is 1. The van der Waals surface area contributed by atoms with Crippen LogP contribution in [0.5, 0.6) is 0 Å². The predicted molar refractivity (Wildman–Crippen MR) is 112 cm³/mol. The molecule has 1 aliphatic heterocycles. The average Bonchev–Trinajstić information content (AvgIpc) is 3.11. The smallest absolute Gasteiger partial charge is 0.276 e. The third-order valence-electron chi connectivity index (χ3n) is 4.95. The van der Waals surface area contributed by atoms with Crippen molar-refractivity contribution in [3.05, 3.63) is 75.3 Å². The Kier molecular flexibility index (Phi) is 5.15. The minimum absolute atomic E-state index is 0.0540. The summed E-state index contributed by atoms with van der Waals surface area (Å²) in [5.74, 6) is -0.326. The maximum absolute atomic E-state index is 13.3. The van der Waals surface area contributed by atoms with Gasteiger partial charge >= 0.3 is 0 Å². The summed E-state index contributed by atoms with van der Waals surface area (Å²) < 4.78 is 1.69. The van der Waals surface area contributed by atoms with Crippen molar-refractivity contribution in [3.8, 4) is 0 Å². The Hall–Kier alpha value is -2.70. The molecule has 1 aliphatic rings. The molecule has 2 aromatic heterocycles. The number of hydrogen-bond donors (Lipinski definition) is 0. The first-order valence-corrected chi connectivity index (χ1v) is 9.89. The first kappa shape index (κ1) is 19.6. The molecule has 0 aliphatic carbocycles. The summed E-state index contributed by atoms with van der Waals surface area (Å²) in [6, 6.07) is 6.83. The Morgan fingerprint density at radius 2 is 1.97 bits per heavy atom. The molecule has 0 spiro atoms. The minimum atomic E-state index is -0.218. The highest BCUT2D eigenvalue weighted by Gasteiger charge is 2.34. The zero-order valence-electron chi connectivity index (χ0n) is 15.9. The lowest BCUT2D eigenvalue weighted by atomic mass is 10.0. The summed E-state index contributed by atoms with van der Waals surface area (Å²) in [7, 11) is 0. The average molecular weight is 429 g/mol. The highest BCUT2D eigenvalue weighted by molar-refractivity contribution is 6.42. The number of pyridine rings is 1. The van der Waals surface area contributed by atoms with Crippen LogP contribution in [0.3, 0.4) is 0 Å². The Morgan fingerprint density at radius 3 is 2.69 bits per heavy atom. The Morgan fingerprint density at radius 1 is 1.17 bits per heavy atom. The Balaban J connectivity index is 1.67. The molecule has 1 amide bonds. The van der Waals surface area contributed by atoms with Crippen molar-refractivity contribution in [2.24, 2.45) is 0 Å². The lowest BCUT2D eigenvalue weighted by molar-refractivity contribution is 0.0951. The topological polar surface area (TPSA) is 68.1 Å². The number of aryl methyl sites for hydroxylation is 1.